The molecule has 0 atom stereocenters. The normalized spacial score (nSPS) is 9.85. The van der Waals surface area contributed by atoms with Crippen molar-refractivity contribution in [3.05, 3.63) is 5.89 Å². The van der Waals surface area contributed by atoms with Gasteiger partial charge in [-0.1, -0.05) is 11.8 Å². The van der Waals surface area contributed by atoms with E-state index in [2.05, 4.69) is 16.3 Å². The Labute approximate surface area is 80.3 Å². The lowest BCUT2D eigenvalue weighted by Crippen LogP contribution is -1.95. The molecule has 0 saturated heterocycles. The number of nitrogens with two attached hydrogens (primary N) is 1. The minimum Gasteiger partial charge on any atom is -0.415 e. The second-order valence-electron chi connectivity index (χ2n) is 2.28. The molecule has 0 aromatic carbocycles. The number of aromatic nitrogens is 2. The van der Waals surface area contributed by atoms with Crippen LogP contribution in [0.3, 0.4) is 0 Å². The van der Waals surface area contributed by atoms with Gasteiger partial charge in [0, 0.05) is 12.2 Å². The van der Waals surface area contributed by atoms with Crippen molar-refractivity contribution in [3.8, 4) is 6.07 Å². The molecular formula is C7H10N4OS. The molecule has 1 aromatic heterocycles. The van der Waals surface area contributed by atoms with Crippen LogP contribution in [0, 0.1) is 11.3 Å². The lowest BCUT2D eigenvalue weighted by Gasteiger charge is -1.90. The third-order valence-electron chi connectivity index (χ3n) is 1.28. The molecule has 6 heteroatoms. The van der Waals surface area contributed by atoms with Crippen LogP contribution >= 0.6 is 11.8 Å². The fourth-order valence-corrected chi connectivity index (χ4v) is 1.41. The first-order valence-corrected chi connectivity index (χ1v) is 4.87. The first-order chi connectivity index (χ1) is 6.36. The Kier molecular flexibility index (Phi) is 4.29. The molecule has 0 bridgehead atoms. The summed E-state index contributed by atoms with van der Waals surface area (Å²) in [5.41, 5.74) is 5.29. The van der Waals surface area contributed by atoms with Gasteiger partial charge in [-0.3, -0.25) is 0 Å². The van der Waals surface area contributed by atoms with Crippen molar-refractivity contribution in [2.45, 2.75) is 24.6 Å². The third-order valence-corrected chi connectivity index (χ3v) is 2.19. The highest BCUT2D eigenvalue weighted by molar-refractivity contribution is 7.99. The maximum Gasteiger partial charge on any atom is 0.276 e. The van der Waals surface area contributed by atoms with Gasteiger partial charge in [-0.25, -0.2) is 0 Å². The van der Waals surface area contributed by atoms with E-state index in [1.165, 1.54) is 11.8 Å². The summed E-state index contributed by atoms with van der Waals surface area (Å²) in [6.45, 7) is 0.270. The quantitative estimate of drug-likeness (QED) is 0.559. The smallest absolute Gasteiger partial charge is 0.276 e. The summed E-state index contributed by atoms with van der Waals surface area (Å²) in [5.74, 6) is 1.27. The lowest BCUT2D eigenvalue weighted by atomic mass is 10.4. The average Bonchev–Trinajstić information content (AvgIpc) is 2.60. The van der Waals surface area contributed by atoms with Gasteiger partial charge in [0.05, 0.1) is 12.6 Å². The zero-order valence-electron chi connectivity index (χ0n) is 7.06. The Bertz CT molecular complexity index is 293. The first kappa shape index (κ1) is 10.0. The van der Waals surface area contributed by atoms with Gasteiger partial charge in [-0.2, -0.15) is 5.26 Å². The van der Waals surface area contributed by atoms with Gasteiger partial charge in [0.1, 0.15) is 0 Å². The zero-order valence-corrected chi connectivity index (χ0v) is 7.88. The lowest BCUT2D eigenvalue weighted by molar-refractivity contribution is 0.415. The van der Waals surface area contributed by atoms with E-state index >= 15 is 0 Å². The number of nitrogens with zero attached hydrogens (tertiary/aromatic N) is 3. The van der Waals surface area contributed by atoms with Crippen molar-refractivity contribution in [3.63, 3.8) is 0 Å². The molecule has 0 radical (unpaired) electrons. The van der Waals surface area contributed by atoms with Crippen LogP contribution in [0.5, 0.6) is 0 Å². The van der Waals surface area contributed by atoms with E-state index in [0.717, 1.165) is 12.2 Å². The molecule has 1 rings (SSSR count). The highest BCUT2D eigenvalue weighted by Crippen LogP contribution is 2.16. The minimum atomic E-state index is 0.270. The fraction of sp³-hybridized carbons (Fsp3) is 0.571. The Morgan fingerprint density at radius 2 is 2.38 bits per heavy atom. The molecule has 2 N–H and O–H groups in total. The van der Waals surface area contributed by atoms with Gasteiger partial charge in [-0.05, 0) is 6.42 Å². The van der Waals surface area contributed by atoms with E-state index in [4.69, 9.17) is 15.4 Å². The van der Waals surface area contributed by atoms with E-state index in [1.54, 1.807) is 0 Å². The van der Waals surface area contributed by atoms with Crippen molar-refractivity contribution in [2.24, 2.45) is 5.73 Å². The van der Waals surface area contributed by atoms with Crippen LogP contribution in [0.1, 0.15) is 18.7 Å². The molecule has 0 saturated carbocycles. The van der Waals surface area contributed by atoms with Crippen LogP contribution in [-0.4, -0.2) is 16.0 Å². The molecule has 5 nitrogen and oxygen atoms in total. The number of nitriles is 1. The molecule has 13 heavy (non-hydrogen) atoms. The molecular weight excluding hydrogens is 188 g/mol. The Balaban J connectivity index is 2.25. The van der Waals surface area contributed by atoms with Crippen molar-refractivity contribution in [2.75, 3.05) is 5.75 Å². The van der Waals surface area contributed by atoms with Gasteiger partial charge in [0.15, 0.2) is 0 Å². The highest BCUT2D eigenvalue weighted by Gasteiger charge is 2.03. The largest absolute Gasteiger partial charge is 0.415 e. The molecule has 0 aliphatic carbocycles. The summed E-state index contributed by atoms with van der Waals surface area (Å²) in [6, 6.07) is 2.07. The second kappa shape index (κ2) is 5.56. The van der Waals surface area contributed by atoms with Gasteiger partial charge < -0.3 is 10.2 Å². The fourth-order valence-electron chi connectivity index (χ4n) is 0.690. The van der Waals surface area contributed by atoms with Crippen LogP contribution in [-0.2, 0) is 6.54 Å². The molecule has 0 fully saturated rings. The second-order valence-corrected chi connectivity index (χ2v) is 3.32. The van der Waals surface area contributed by atoms with Crippen molar-refractivity contribution < 1.29 is 4.42 Å². The van der Waals surface area contributed by atoms with Crippen LogP contribution in [0.15, 0.2) is 9.64 Å². The average molecular weight is 198 g/mol. The van der Waals surface area contributed by atoms with Crippen molar-refractivity contribution in [1.29, 1.82) is 5.26 Å². The Hall–Kier alpha value is -1.06. The van der Waals surface area contributed by atoms with Crippen LogP contribution in [0.4, 0.5) is 0 Å². The summed E-state index contributed by atoms with van der Waals surface area (Å²) in [6.07, 6.45) is 1.40. The number of hydrogen-bond acceptors (Lipinski definition) is 6. The van der Waals surface area contributed by atoms with E-state index in [9.17, 15) is 0 Å². The van der Waals surface area contributed by atoms with E-state index < -0.39 is 0 Å². The summed E-state index contributed by atoms with van der Waals surface area (Å²) in [5, 5.41) is 16.3. The number of thioether (sulfide) groups is 1. The maximum atomic E-state index is 8.28. The number of rotatable bonds is 5. The van der Waals surface area contributed by atoms with Gasteiger partial charge in [0.2, 0.25) is 5.89 Å². The SMILES string of the molecule is N#CCCCSc1nnc(CN)o1. The van der Waals surface area contributed by atoms with Gasteiger partial charge in [-0.15, -0.1) is 10.2 Å². The topological polar surface area (TPSA) is 88.7 Å². The molecule has 0 amide bonds. The van der Waals surface area contributed by atoms with E-state index in [0.29, 0.717) is 17.5 Å². The van der Waals surface area contributed by atoms with Crippen molar-refractivity contribution in [1.82, 2.24) is 10.2 Å². The molecule has 0 unspecified atom stereocenters. The molecule has 0 spiro atoms. The van der Waals surface area contributed by atoms with Crippen LogP contribution in [0.2, 0.25) is 0 Å². The maximum absolute atomic E-state index is 8.28. The Morgan fingerprint density at radius 1 is 1.54 bits per heavy atom. The summed E-state index contributed by atoms with van der Waals surface area (Å²) < 4.78 is 5.15. The van der Waals surface area contributed by atoms with E-state index in [1.807, 2.05) is 0 Å². The van der Waals surface area contributed by atoms with Gasteiger partial charge in [0.25, 0.3) is 5.22 Å². The monoisotopic (exact) mass is 198 g/mol. The van der Waals surface area contributed by atoms with Crippen LogP contribution in [0.25, 0.3) is 0 Å². The summed E-state index contributed by atoms with van der Waals surface area (Å²) >= 11 is 1.45. The first-order valence-electron chi connectivity index (χ1n) is 3.89. The molecule has 1 heterocycles. The predicted molar refractivity (Wildman–Crippen MR) is 47.8 cm³/mol. The zero-order chi connectivity index (χ0) is 9.52. The standard InChI is InChI=1S/C7H10N4OS/c8-3-1-2-4-13-7-11-10-6(5-9)12-7/h1-2,4-5,9H2. The predicted octanol–water partition coefficient (Wildman–Crippen LogP) is 0.924. The minimum absolute atomic E-state index is 0.270. The molecule has 0 aliphatic heterocycles. The van der Waals surface area contributed by atoms with Crippen LogP contribution < -0.4 is 5.73 Å². The third kappa shape index (κ3) is 3.44. The Morgan fingerprint density at radius 3 is 3.00 bits per heavy atom. The molecule has 70 valence electrons. The van der Waals surface area contributed by atoms with E-state index in [-0.39, 0.29) is 6.54 Å². The molecule has 1 aromatic rings. The summed E-state index contributed by atoms with van der Waals surface area (Å²) in [4.78, 5) is 0. The number of hydrogen-bond donors (Lipinski definition) is 1. The molecule has 0 aliphatic rings. The number of unbranched alkanes of at least 4 members (excludes halogenated alkanes) is 1. The van der Waals surface area contributed by atoms with Crippen molar-refractivity contribution >= 4 is 11.8 Å². The summed E-state index contributed by atoms with van der Waals surface area (Å²) in [7, 11) is 0. The highest BCUT2D eigenvalue weighted by atomic mass is 32.2. The van der Waals surface area contributed by atoms with Gasteiger partial charge >= 0.3 is 0 Å².